The standard InChI is InChI=1S/C14H24N4O8/c1-6(2)11(14(25)26)18-12(23)7(3-10(21)22)17-13(24)8(5-19)16-9(20)4-15/h6-8,11,19H,3-5,15H2,1-2H3,(H,16,20)(H,17,24)(H,18,23)(H,21,22)(H,25,26). The van der Waals surface area contributed by atoms with E-state index >= 15 is 0 Å². The predicted molar refractivity (Wildman–Crippen MR) is 86.7 cm³/mol. The Morgan fingerprint density at radius 2 is 1.46 bits per heavy atom. The fourth-order valence-electron chi connectivity index (χ4n) is 1.87. The van der Waals surface area contributed by atoms with Crippen LogP contribution in [0.4, 0.5) is 0 Å². The highest BCUT2D eigenvalue weighted by atomic mass is 16.4. The maximum absolute atomic E-state index is 12.2. The minimum atomic E-state index is -1.61. The van der Waals surface area contributed by atoms with Gasteiger partial charge in [0.25, 0.3) is 0 Å². The Morgan fingerprint density at radius 1 is 0.923 bits per heavy atom. The Morgan fingerprint density at radius 3 is 1.85 bits per heavy atom. The van der Waals surface area contributed by atoms with Gasteiger partial charge in [-0.15, -0.1) is 0 Å². The van der Waals surface area contributed by atoms with Gasteiger partial charge < -0.3 is 37.0 Å². The Labute approximate surface area is 149 Å². The normalized spacial score (nSPS) is 14.0. The van der Waals surface area contributed by atoms with Gasteiger partial charge in [0.2, 0.25) is 17.7 Å². The molecule has 0 aromatic heterocycles. The van der Waals surface area contributed by atoms with Gasteiger partial charge in [0.15, 0.2) is 0 Å². The van der Waals surface area contributed by atoms with Gasteiger partial charge >= 0.3 is 11.9 Å². The Balaban J connectivity index is 5.20. The first-order valence-electron chi connectivity index (χ1n) is 7.69. The van der Waals surface area contributed by atoms with E-state index in [-0.39, 0.29) is 0 Å². The van der Waals surface area contributed by atoms with E-state index in [1.165, 1.54) is 13.8 Å². The lowest BCUT2D eigenvalue weighted by Gasteiger charge is -2.24. The van der Waals surface area contributed by atoms with Crippen molar-refractivity contribution in [1.29, 1.82) is 0 Å². The van der Waals surface area contributed by atoms with Gasteiger partial charge in [-0.3, -0.25) is 19.2 Å². The first-order chi connectivity index (χ1) is 12.0. The highest BCUT2D eigenvalue weighted by Crippen LogP contribution is 2.04. The number of carboxylic acids is 2. The summed E-state index contributed by atoms with van der Waals surface area (Å²) in [5, 5.41) is 33.4. The van der Waals surface area contributed by atoms with Crippen LogP contribution in [0.5, 0.6) is 0 Å². The molecule has 3 atom stereocenters. The molecule has 26 heavy (non-hydrogen) atoms. The molecular weight excluding hydrogens is 352 g/mol. The van der Waals surface area contributed by atoms with E-state index in [9.17, 15) is 24.0 Å². The third-order valence-electron chi connectivity index (χ3n) is 3.26. The number of rotatable bonds is 11. The molecule has 12 nitrogen and oxygen atoms in total. The van der Waals surface area contributed by atoms with E-state index in [4.69, 9.17) is 21.1 Å². The number of carboxylic acid groups (broad SMARTS) is 2. The molecule has 3 amide bonds. The van der Waals surface area contributed by atoms with Crippen molar-refractivity contribution < 1.29 is 39.3 Å². The SMILES string of the molecule is CC(C)C(NC(=O)C(CC(=O)O)NC(=O)C(CO)NC(=O)CN)C(=O)O. The van der Waals surface area contributed by atoms with Crippen LogP contribution in [0.1, 0.15) is 20.3 Å². The van der Waals surface area contributed by atoms with E-state index in [2.05, 4.69) is 16.0 Å². The quantitative estimate of drug-likeness (QED) is 0.191. The molecule has 0 bridgehead atoms. The molecule has 8 N–H and O–H groups in total. The second kappa shape index (κ2) is 11.0. The molecule has 0 aliphatic heterocycles. The largest absolute Gasteiger partial charge is 0.481 e. The summed E-state index contributed by atoms with van der Waals surface area (Å²) in [6, 6.07) is -4.35. The molecule has 0 saturated heterocycles. The van der Waals surface area contributed by atoms with Crippen LogP contribution < -0.4 is 21.7 Å². The summed E-state index contributed by atoms with van der Waals surface area (Å²) < 4.78 is 0. The summed E-state index contributed by atoms with van der Waals surface area (Å²) in [5.74, 6) is -6.03. The lowest BCUT2D eigenvalue weighted by atomic mass is 10.0. The first-order valence-corrected chi connectivity index (χ1v) is 7.69. The van der Waals surface area contributed by atoms with Crippen molar-refractivity contribution in [3.8, 4) is 0 Å². The van der Waals surface area contributed by atoms with Gasteiger partial charge in [0.05, 0.1) is 19.6 Å². The average molecular weight is 376 g/mol. The smallest absolute Gasteiger partial charge is 0.326 e. The van der Waals surface area contributed by atoms with Gasteiger partial charge in [-0.25, -0.2) is 4.79 Å². The molecule has 0 aliphatic rings. The molecule has 0 aromatic carbocycles. The fourth-order valence-corrected chi connectivity index (χ4v) is 1.87. The van der Waals surface area contributed by atoms with Crippen molar-refractivity contribution in [2.45, 2.75) is 38.4 Å². The molecule has 0 aliphatic carbocycles. The number of carbonyl (C=O) groups excluding carboxylic acids is 3. The van der Waals surface area contributed by atoms with E-state index in [1.807, 2.05) is 0 Å². The van der Waals surface area contributed by atoms with Gasteiger partial charge in [-0.05, 0) is 5.92 Å². The van der Waals surface area contributed by atoms with Crippen LogP contribution in [0.25, 0.3) is 0 Å². The molecule has 0 heterocycles. The van der Waals surface area contributed by atoms with Crippen molar-refractivity contribution in [2.24, 2.45) is 11.7 Å². The lowest BCUT2D eigenvalue weighted by Crippen LogP contribution is -2.58. The maximum Gasteiger partial charge on any atom is 0.326 e. The van der Waals surface area contributed by atoms with Gasteiger partial charge in [-0.2, -0.15) is 0 Å². The predicted octanol–water partition coefficient (Wildman–Crippen LogP) is -3.39. The molecule has 0 saturated carbocycles. The number of hydrogen-bond acceptors (Lipinski definition) is 7. The molecule has 0 aromatic rings. The van der Waals surface area contributed by atoms with E-state index in [0.717, 1.165) is 0 Å². The Bertz CT molecular complexity index is 551. The summed E-state index contributed by atoms with van der Waals surface area (Å²) in [7, 11) is 0. The van der Waals surface area contributed by atoms with Gasteiger partial charge in [0, 0.05) is 0 Å². The summed E-state index contributed by atoms with van der Waals surface area (Å²) in [6.45, 7) is 1.81. The minimum Gasteiger partial charge on any atom is -0.481 e. The van der Waals surface area contributed by atoms with Crippen LogP contribution in [0.15, 0.2) is 0 Å². The fraction of sp³-hybridized carbons (Fsp3) is 0.643. The molecule has 12 heteroatoms. The zero-order chi connectivity index (χ0) is 20.4. The van der Waals surface area contributed by atoms with Gasteiger partial charge in [0.1, 0.15) is 18.1 Å². The first kappa shape index (κ1) is 23.3. The molecule has 0 fully saturated rings. The van der Waals surface area contributed by atoms with Crippen LogP contribution in [0, 0.1) is 5.92 Å². The summed E-state index contributed by atoms with van der Waals surface area (Å²) in [5.41, 5.74) is 5.08. The number of nitrogens with two attached hydrogens (primary N) is 1. The highest BCUT2D eigenvalue weighted by Gasteiger charge is 2.31. The van der Waals surface area contributed by atoms with Gasteiger partial charge in [-0.1, -0.05) is 13.8 Å². The third-order valence-corrected chi connectivity index (χ3v) is 3.26. The van der Waals surface area contributed by atoms with E-state index in [1.54, 1.807) is 0 Å². The van der Waals surface area contributed by atoms with E-state index < -0.39 is 73.3 Å². The molecule has 0 spiro atoms. The highest BCUT2D eigenvalue weighted by molar-refractivity contribution is 5.95. The number of aliphatic carboxylic acids is 2. The second-order valence-corrected chi connectivity index (χ2v) is 5.73. The van der Waals surface area contributed by atoms with E-state index in [0.29, 0.717) is 0 Å². The van der Waals surface area contributed by atoms with Crippen molar-refractivity contribution in [3.05, 3.63) is 0 Å². The summed E-state index contributed by atoms with van der Waals surface area (Å²) >= 11 is 0. The zero-order valence-corrected chi connectivity index (χ0v) is 14.4. The number of amides is 3. The van der Waals surface area contributed by atoms with Crippen LogP contribution >= 0.6 is 0 Å². The molecule has 3 unspecified atom stereocenters. The van der Waals surface area contributed by atoms with Crippen LogP contribution in [0.3, 0.4) is 0 Å². The summed E-state index contributed by atoms with van der Waals surface area (Å²) in [6.07, 6.45) is -0.828. The number of carbonyl (C=O) groups is 5. The number of aliphatic hydroxyl groups is 1. The van der Waals surface area contributed by atoms with Crippen molar-refractivity contribution in [3.63, 3.8) is 0 Å². The number of nitrogens with one attached hydrogen (secondary N) is 3. The minimum absolute atomic E-state index is 0.447. The van der Waals surface area contributed by atoms with Crippen LogP contribution in [0.2, 0.25) is 0 Å². The topological polar surface area (TPSA) is 208 Å². The molecule has 0 radical (unpaired) electrons. The monoisotopic (exact) mass is 376 g/mol. The second-order valence-electron chi connectivity index (χ2n) is 5.73. The lowest BCUT2D eigenvalue weighted by molar-refractivity contribution is -0.144. The maximum atomic E-state index is 12.2. The van der Waals surface area contributed by atoms with Crippen LogP contribution in [-0.4, -0.2) is 76.3 Å². The Kier molecular flexibility index (Phi) is 9.84. The average Bonchev–Trinajstić information content (AvgIpc) is 2.54. The molecule has 0 rings (SSSR count). The summed E-state index contributed by atoms with van der Waals surface area (Å²) in [4.78, 5) is 57.5. The number of hydrogen-bond donors (Lipinski definition) is 7. The van der Waals surface area contributed by atoms with Crippen molar-refractivity contribution >= 4 is 29.7 Å². The van der Waals surface area contributed by atoms with Crippen LogP contribution in [-0.2, 0) is 24.0 Å². The molecular formula is C14H24N4O8. The zero-order valence-electron chi connectivity index (χ0n) is 14.4. The number of aliphatic hydroxyl groups excluding tert-OH is 1. The van der Waals surface area contributed by atoms with Crippen molar-refractivity contribution in [2.75, 3.05) is 13.2 Å². The third kappa shape index (κ3) is 7.90. The Hall–Kier alpha value is -2.73. The molecule has 148 valence electrons. The van der Waals surface area contributed by atoms with Crippen molar-refractivity contribution in [1.82, 2.24) is 16.0 Å².